The van der Waals surface area contributed by atoms with Gasteiger partial charge in [0.05, 0.1) is 17.9 Å². The van der Waals surface area contributed by atoms with E-state index in [9.17, 15) is 9.90 Å². The van der Waals surface area contributed by atoms with Crippen LogP contribution >= 0.6 is 0 Å². The molecule has 2 heterocycles. The Morgan fingerprint density at radius 3 is 2.75 bits per heavy atom. The summed E-state index contributed by atoms with van der Waals surface area (Å²) in [5.41, 5.74) is 2.45. The highest BCUT2D eigenvalue weighted by molar-refractivity contribution is 5.86. The van der Waals surface area contributed by atoms with E-state index >= 15 is 0 Å². The summed E-state index contributed by atoms with van der Waals surface area (Å²) in [6, 6.07) is 5.74. The predicted molar refractivity (Wildman–Crippen MR) is 73.6 cm³/mol. The lowest BCUT2D eigenvalue weighted by molar-refractivity contribution is 0.0689. The Bertz CT molecular complexity index is 619. The minimum atomic E-state index is -1.04. The van der Waals surface area contributed by atoms with Gasteiger partial charge in [-0.1, -0.05) is 25.1 Å². The molecular weight excluding hydrogens is 256 g/mol. The standard InChI is InChI=1S/C14H18N4O2/c1-9(2)7-12-13(14(19)20)16-17-18(12)8-11-6-4-5-10(3)15-11/h4-6,9H,7-8H2,1-3H3,(H,19,20). The van der Waals surface area contributed by atoms with Crippen LogP contribution in [0, 0.1) is 12.8 Å². The summed E-state index contributed by atoms with van der Waals surface area (Å²) < 4.78 is 1.63. The zero-order valence-corrected chi connectivity index (χ0v) is 11.9. The normalized spacial score (nSPS) is 11.0. The topological polar surface area (TPSA) is 80.9 Å². The number of carbonyl (C=O) groups is 1. The van der Waals surface area contributed by atoms with Crippen LogP contribution in [0.2, 0.25) is 0 Å². The van der Waals surface area contributed by atoms with Gasteiger partial charge in [-0.3, -0.25) is 4.98 Å². The summed E-state index contributed by atoms with van der Waals surface area (Å²) in [6.07, 6.45) is 0.625. The molecule has 0 spiro atoms. The van der Waals surface area contributed by atoms with Crippen molar-refractivity contribution in [3.05, 3.63) is 41.0 Å². The molecule has 0 amide bonds. The van der Waals surface area contributed by atoms with Crippen molar-refractivity contribution in [1.82, 2.24) is 20.0 Å². The van der Waals surface area contributed by atoms with Crippen LogP contribution in [0.1, 0.15) is 41.4 Å². The second-order valence-electron chi connectivity index (χ2n) is 5.22. The molecule has 20 heavy (non-hydrogen) atoms. The number of nitrogens with zero attached hydrogens (tertiary/aromatic N) is 4. The van der Waals surface area contributed by atoms with Gasteiger partial charge in [0.1, 0.15) is 0 Å². The molecule has 0 atom stereocenters. The number of carboxylic acids is 1. The first-order valence-electron chi connectivity index (χ1n) is 6.55. The highest BCUT2D eigenvalue weighted by Gasteiger charge is 2.20. The van der Waals surface area contributed by atoms with Crippen molar-refractivity contribution in [2.75, 3.05) is 0 Å². The Morgan fingerprint density at radius 1 is 1.40 bits per heavy atom. The zero-order chi connectivity index (χ0) is 14.7. The quantitative estimate of drug-likeness (QED) is 0.901. The van der Waals surface area contributed by atoms with E-state index in [4.69, 9.17) is 0 Å². The highest BCUT2D eigenvalue weighted by Crippen LogP contribution is 2.13. The van der Waals surface area contributed by atoms with Gasteiger partial charge in [0, 0.05) is 5.69 Å². The molecule has 2 aromatic rings. The van der Waals surface area contributed by atoms with E-state index in [2.05, 4.69) is 15.3 Å². The summed E-state index contributed by atoms with van der Waals surface area (Å²) in [5.74, 6) is -0.708. The van der Waals surface area contributed by atoms with Crippen LogP contribution in [0.3, 0.4) is 0 Å². The average molecular weight is 274 g/mol. The SMILES string of the molecule is Cc1cccc(Cn2nnc(C(=O)O)c2CC(C)C)n1. The molecule has 106 valence electrons. The number of carboxylic acid groups (broad SMARTS) is 1. The molecule has 0 unspecified atom stereocenters. The molecule has 0 saturated carbocycles. The van der Waals surface area contributed by atoms with Crippen LogP contribution in [0.4, 0.5) is 0 Å². The third kappa shape index (κ3) is 3.20. The first-order valence-corrected chi connectivity index (χ1v) is 6.55. The number of pyridine rings is 1. The number of aryl methyl sites for hydroxylation is 1. The van der Waals surface area contributed by atoms with Gasteiger partial charge in [0.2, 0.25) is 0 Å². The molecule has 0 fully saturated rings. The predicted octanol–water partition coefficient (Wildman–Crippen LogP) is 1.93. The van der Waals surface area contributed by atoms with Crippen molar-refractivity contribution >= 4 is 5.97 Å². The van der Waals surface area contributed by atoms with E-state index in [1.165, 1.54) is 0 Å². The van der Waals surface area contributed by atoms with E-state index in [0.717, 1.165) is 11.4 Å². The molecule has 0 bridgehead atoms. The molecule has 0 aromatic carbocycles. The number of rotatable bonds is 5. The van der Waals surface area contributed by atoms with Gasteiger partial charge >= 0.3 is 5.97 Å². The highest BCUT2D eigenvalue weighted by atomic mass is 16.4. The van der Waals surface area contributed by atoms with Gasteiger partial charge in [0.25, 0.3) is 0 Å². The number of aromatic carboxylic acids is 1. The zero-order valence-electron chi connectivity index (χ0n) is 11.9. The maximum Gasteiger partial charge on any atom is 0.358 e. The van der Waals surface area contributed by atoms with Crippen LogP contribution in [0.15, 0.2) is 18.2 Å². The van der Waals surface area contributed by atoms with Crippen molar-refractivity contribution < 1.29 is 9.90 Å². The lowest BCUT2D eigenvalue weighted by Crippen LogP contribution is -2.12. The third-order valence-electron chi connectivity index (χ3n) is 2.90. The molecule has 6 heteroatoms. The van der Waals surface area contributed by atoms with Crippen LogP contribution in [0.25, 0.3) is 0 Å². The van der Waals surface area contributed by atoms with Gasteiger partial charge < -0.3 is 5.11 Å². The molecule has 0 aliphatic heterocycles. The summed E-state index contributed by atoms with van der Waals surface area (Å²) in [6.45, 7) is 6.42. The molecule has 1 N–H and O–H groups in total. The number of hydrogen-bond donors (Lipinski definition) is 1. The maximum absolute atomic E-state index is 11.2. The summed E-state index contributed by atoms with van der Waals surface area (Å²) in [7, 11) is 0. The molecule has 0 radical (unpaired) electrons. The van der Waals surface area contributed by atoms with Crippen LogP contribution in [-0.4, -0.2) is 31.1 Å². The summed E-state index contributed by atoms with van der Waals surface area (Å²) in [5, 5.41) is 16.9. The van der Waals surface area contributed by atoms with Gasteiger partial charge in [0.15, 0.2) is 5.69 Å². The third-order valence-corrected chi connectivity index (χ3v) is 2.90. The Balaban J connectivity index is 2.33. The second kappa shape index (κ2) is 5.81. The van der Waals surface area contributed by atoms with Gasteiger partial charge in [-0.15, -0.1) is 5.10 Å². The van der Waals surface area contributed by atoms with E-state index in [0.29, 0.717) is 24.6 Å². The van der Waals surface area contributed by atoms with E-state index in [1.54, 1.807) is 4.68 Å². The van der Waals surface area contributed by atoms with Gasteiger partial charge in [-0.25, -0.2) is 9.48 Å². The Morgan fingerprint density at radius 2 is 2.15 bits per heavy atom. The molecule has 0 aliphatic rings. The lowest BCUT2D eigenvalue weighted by atomic mass is 10.1. The van der Waals surface area contributed by atoms with E-state index in [-0.39, 0.29) is 5.69 Å². The van der Waals surface area contributed by atoms with Crippen molar-refractivity contribution in [2.24, 2.45) is 5.92 Å². The molecule has 0 aliphatic carbocycles. The summed E-state index contributed by atoms with van der Waals surface area (Å²) >= 11 is 0. The Kier molecular flexibility index (Phi) is 4.12. The second-order valence-corrected chi connectivity index (χ2v) is 5.22. The number of hydrogen-bond acceptors (Lipinski definition) is 4. The van der Waals surface area contributed by atoms with Crippen LogP contribution < -0.4 is 0 Å². The Hall–Kier alpha value is -2.24. The maximum atomic E-state index is 11.2. The van der Waals surface area contributed by atoms with Crippen molar-refractivity contribution in [3.63, 3.8) is 0 Å². The molecule has 0 saturated heterocycles. The van der Waals surface area contributed by atoms with Crippen molar-refractivity contribution in [2.45, 2.75) is 33.7 Å². The number of aromatic nitrogens is 4. The van der Waals surface area contributed by atoms with E-state index in [1.807, 2.05) is 39.0 Å². The fourth-order valence-corrected chi connectivity index (χ4v) is 2.06. The van der Waals surface area contributed by atoms with Gasteiger partial charge in [-0.2, -0.15) is 0 Å². The van der Waals surface area contributed by atoms with Crippen molar-refractivity contribution in [3.8, 4) is 0 Å². The van der Waals surface area contributed by atoms with Crippen molar-refractivity contribution in [1.29, 1.82) is 0 Å². The van der Waals surface area contributed by atoms with Crippen LogP contribution in [0.5, 0.6) is 0 Å². The van der Waals surface area contributed by atoms with Gasteiger partial charge in [-0.05, 0) is 31.4 Å². The first kappa shape index (κ1) is 14.2. The largest absolute Gasteiger partial charge is 0.476 e. The molecule has 6 nitrogen and oxygen atoms in total. The fourth-order valence-electron chi connectivity index (χ4n) is 2.06. The van der Waals surface area contributed by atoms with E-state index < -0.39 is 5.97 Å². The lowest BCUT2D eigenvalue weighted by Gasteiger charge is -2.09. The smallest absolute Gasteiger partial charge is 0.358 e. The average Bonchev–Trinajstić information content (AvgIpc) is 2.72. The molecular formula is C14H18N4O2. The minimum absolute atomic E-state index is 0.0337. The molecule has 2 aromatic heterocycles. The summed E-state index contributed by atoms with van der Waals surface area (Å²) in [4.78, 5) is 15.6. The fraction of sp³-hybridized carbons (Fsp3) is 0.429. The Labute approximate surface area is 117 Å². The first-order chi connectivity index (χ1) is 9.47. The van der Waals surface area contributed by atoms with Crippen LogP contribution in [-0.2, 0) is 13.0 Å². The minimum Gasteiger partial charge on any atom is -0.476 e. The molecule has 2 rings (SSSR count). The monoisotopic (exact) mass is 274 g/mol.